The number of nitrogens with one attached hydrogen (secondary N) is 1. The second kappa shape index (κ2) is 4.61. The average Bonchev–Trinajstić information content (AvgIpc) is 2.77. The Hall–Kier alpha value is -2.11. The van der Waals surface area contributed by atoms with Crippen LogP contribution in [0.1, 0.15) is 5.56 Å². The molecule has 0 aliphatic rings. The SMILES string of the molecule is CNc1nnnn1Cc1ccc(OC)cc1. The number of anilines is 1. The first-order valence-electron chi connectivity index (χ1n) is 4.90. The van der Waals surface area contributed by atoms with Crippen molar-refractivity contribution in [2.45, 2.75) is 6.54 Å². The highest BCUT2D eigenvalue weighted by Crippen LogP contribution is 2.12. The van der Waals surface area contributed by atoms with Gasteiger partial charge in [0.1, 0.15) is 5.75 Å². The van der Waals surface area contributed by atoms with Crippen molar-refractivity contribution in [1.29, 1.82) is 0 Å². The van der Waals surface area contributed by atoms with E-state index < -0.39 is 0 Å². The predicted molar refractivity (Wildman–Crippen MR) is 59.5 cm³/mol. The van der Waals surface area contributed by atoms with Gasteiger partial charge in [0.15, 0.2) is 0 Å². The highest BCUT2D eigenvalue weighted by molar-refractivity contribution is 5.28. The Balaban J connectivity index is 2.14. The van der Waals surface area contributed by atoms with Crippen LogP contribution in [0, 0.1) is 0 Å². The molecule has 6 nitrogen and oxygen atoms in total. The molecule has 2 rings (SSSR count). The van der Waals surface area contributed by atoms with Crippen LogP contribution in [0.5, 0.6) is 5.75 Å². The van der Waals surface area contributed by atoms with E-state index in [0.717, 1.165) is 11.3 Å². The van der Waals surface area contributed by atoms with Crippen molar-refractivity contribution < 1.29 is 4.74 Å². The number of methoxy groups -OCH3 is 1. The van der Waals surface area contributed by atoms with Crippen molar-refractivity contribution in [1.82, 2.24) is 20.2 Å². The van der Waals surface area contributed by atoms with Crippen LogP contribution < -0.4 is 10.1 Å². The van der Waals surface area contributed by atoms with E-state index in [-0.39, 0.29) is 0 Å². The van der Waals surface area contributed by atoms with Gasteiger partial charge in [-0.2, -0.15) is 0 Å². The number of aromatic nitrogens is 4. The summed E-state index contributed by atoms with van der Waals surface area (Å²) in [4.78, 5) is 0. The Morgan fingerprint density at radius 3 is 2.69 bits per heavy atom. The minimum atomic E-state index is 0.632. The summed E-state index contributed by atoms with van der Waals surface area (Å²) in [5.41, 5.74) is 1.12. The van der Waals surface area contributed by atoms with Crippen molar-refractivity contribution in [2.75, 3.05) is 19.5 Å². The third-order valence-corrected chi connectivity index (χ3v) is 2.25. The highest BCUT2D eigenvalue weighted by atomic mass is 16.5. The minimum Gasteiger partial charge on any atom is -0.497 e. The minimum absolute atomic E-state index is 0.632. The summed E-state index contributed by atoms with van der Waals surface area (Å²) >= 11 is 0. The first-order chi connectivity index (χ1) is 7.83. The second-order valence-electron chi connectivity index (χ2n) is 3.26. The summed E-state index contributed by atoms with van der Waals surface area (Å²) in [7, 11) is 3.44. The topological polar surface area (TPSA) is 64.9 Å². The highest BCUT2D eigenvalue weighted by Gasteiger charge is 2.03. The molecule has 0 unspecified atom stereocenters. The van der Waals surface area contributed by atoms with Crippen LogP contribution in [-0.2, 0) is 6.54 Å². The molecule has 0 amide bonds. The number of tetrazole rings is 1. The number of benzene rings is 1. The first-order valence-corrected chi connectivity index (χ1v) is 4.90. The van der Waals surface area contributed by atoms with Gasteiger partial charge in [-0.25, -0.2) is 4.68 Å². The van der Waals surface area contributed by atoms with Gasteiger partial charge in [0.05, 0.1) is 13.7 Å². The molecule has 0 spiro atoms. The lowest BCUT2D eigenvalue weighted by molar-refractivity contribution is 0.414. The van der Waals surface area contributed by atoms with Crippen molar-refractivity contribution in [2.24, 2.45) is 0 Å². The molecule has 6 heteroatoms. The summed E-state index contributed by atoms with van der Waals surface area (Å²) in [6.07, 6.45) is 0. The van der Waals surface area contributed by atoms with Crippen LogP contribution in [-0.4, -0.2) is 34.4 Å². The Bertz CT molecular complexity index is 450. The van der Waals surface area contributed by atoms with Crippen LogP contribution in [0.15, 0.2) is 24.3 Å². The molecule has 0 aliphatic carbocycles. The Labute approximate surface area is 93.2 Å². The molecule has 84 valence electrons. The second-order valence-corrected chi connectivity index (χ2v) is 3.26. The Kier molecular flexibility index (Phi) is 3.00. The van der Waals surface area contributed by atoms with Gasteiger partial charge < -0.3 is 10.1 Å². The molecule has 1 aromatic carbocycles. The summed E-state index contributed by atoms with van der Waals surface area (Å²) in [5, 5.41) is 14.2. The molecular weight excluding hydrogens is 206 g/mol. The fourth-order valence-corrected chi connectivity index (χ4v) is 1.39. The van der Waals surface area contributed by atoms with Gasteiger partial charge in [0.25, 0.3) is 0 Å². The quantitative estimate of drug-likeness (QED) is 0.822. The van der Waals surface area contributed by atoms with Crippen molar-refractivity contribution in [3.05, 3.63) is 29.8 Å². The maximum atomic E-state index is 5.09. The lowest BCUT2D eigenvalue weighted by Gasteiger charge is -2.05. The van der Waals surface area contributed by atoms with Gasteiger partial charge in [-0.3, -0.25) is 0 Å². The number of hydrogen-bond acceptors (Lipinski definition) is 5. The molecular formula is C10H13N5O. The monoisotopic (exact) mass is 219 g/mol. The molecule has 0 bridgehead atoms. The van der Waals surface area contributed by atoms with Gasteiger partial charge in [-0.1, -0.05) is 17.2 Å². The fourth-order valence-electron chi connectivity index (χ4n) is 1.39. The molecule has 1 aromatic heterocycles. The lowest BCUT2D eigenvalue weighted by Crippen LogP contribution is -2.06. The Morgan fingerprint density at radius 2 is 2.06 bits per heavy atom. The number of nitrogens with zero attached hydrogens (tertiary/aromatic N) is 4. The van der Waals surface area contributed by atoms with Crippen LogP contribution >= 0.6 is 0 Å². The third kappa shape index (κ3) is 2.10. The van der Waals surface area contributed by atoms with E-state index >= 15 is 0 Å². The molecule has 0 atom stereocenters. The van der Waals surface area contributed by atoms with E-state index in [2.05, 4.69) is 20.8 Å². The molecule has 16 heavy (non-hydrogen) atoms. The number of rotatable bonds is 4. The van der Waals surface area contributed by atoms with E-state index in [1.807, 2.05) is 24.3 Å². The van der Waals surface area contributed by atoms with Gasteiger partial charge >= 0.3 is 0 Å². The molecule has 0 fully saturated rings. The number of hydrogen-bond donors (Lipinski definition) is 1. The van der Waals surface area contributed by atoms with E-state index in [4.69, 9.17) is 4.74 Å². The first kappa shape index (κ1) is 10.4. The standard InChI is InChI=1S/C10H13N5O/c1-11-10-12-13-14-15(10)7-8-3-5-9(16-2)6-4-8/h3-6H,7H2,1-2H3,(H,11,12,14). The summed E-state index contributed by atoms with van der Waals surface area (Å²) in [5.74, 6) is 1.49. The zero-order valence-corrected chi connectivity index (χ0v) is 9.21. The maximum Gasteiger partial charge on any atom is 0.242 e. The molecule has 1 heterocycles. The largest absolute Gasteiger partial charge is 0.497 e. The zero-order chi connectivity index (χ0) is 11.4. The van der Waals surface area contributed by atoms with Crippen molar-refractivity contribution in [3.8, 4) is 5.75 Å². The summed E-state index contributed by atoms with van der Waals surface area (Å²) in [6.45, 7) is 0.632. The fraction of sp³-hybridized carbons (Fsp3) is 0.300. The summed E-state index contributed by atoms with van der Waals surface area (Å²) < 4.78 is 6.79. The summed E-state index contributed by atoms with van der Waals surface area (Å²) in [6, 6.07) is 7.80. The van der Waals surface area contributed by atoms with Gasteiger partial charge in [0.2, 0.25) is 5.95 Å². The van der Waals surface area contributed by atoms with E-state index in [0.29, 0.717) is 12.5 Å². The smallest absolute Gasteiger partial charge is 0.242 e. The van der Waals surface area contributed by atoms with E-state index in [1.54, 1.807) is 18.8 Å². The van der Waals surface area contributed by atoms with Crippen molar-refractivity contribution >= 4 is 5.95 Å². The Morgan fingerprint density at radius 1 is 1.31 bits per heavy atom. The van der Waals surface area contributed by atoms with Gasteiger partial charge in [-0.15, -0.1) is 0 Å². The van der Waals surface area contributed by atoms with Crippen LogP contribution in [0.3, 0.4) is 0 Å². The maximum absolute atomic E-state index is 5.09. The average molecular weight is 219 g/mol. The van der Waals surface area contributed by atoms with E-state index in [1.165, 1.54) is 0 Å². The molecule has 0 saturated carbocycles. The third-order valence-electron chi connectivity index (χ3n) is 2.25. The zero-order valence-electron chi connectivity index (χ0n) is 9.21. The van der Waals surface area contributed by atoms with Crippen LogP contribution in [0.2, 0.25) is 0 Å². The molecule has 0 aliphatic heterocycles. The van der Waals surface area contributed by atoms with Gasteiger partial charge in [-0.05, 0) is 28.1 Å². The molecule has 2 aromatic rings. The normalized spacial score (nSPS) is 10.1. The van der Waals surface area contributed by atoms with E-state index in [9.17, 15) is 0 Å². The van der Waals surface area contributed by atoms with Crippen molar-refractivity contribution in [3.63, 3.8) is 0 Å². The van der Waals surface area contributed by atoms with Crippen LogP contribution in [0.25, 0.3) is 0 Å². The van der Waals surface area contributed by atoms with Crippen LogP contribution in [0.4, 0.5) is 5.95 Å². The lowest BCUT2D eigenvalue weighted by atomic mass is 10.2. The molecule has 1 N–H and O–H groups in total. The molecule has 0 saturated heterocycles. The van der Waals surface area contributed by atoms with Gasteiger partial charge in [0, 0.05) is 7.05 Å². The predicted octanol–water partition coefficient (Wildman–Crippen LogP) is 0.772. The molecule has 0 radical (unpaired) electrons. The number of ether oxygens (including phenoxy) is 1.